The number of hydrogen-bond donors (Lipinski definition) is 1. The molecular weight excluding hydrogens is 348 g/mol. The van der Waals surface area contributed by atoms with Crippen LogP contribution in [0.25, 0.3) is 0 Å². The first-order valence-electron chi connectivity index (χ1n) is 10.2. The summed E-state index contributed by atoms with van der Waals surface area (Å²) in [5, 5.41) is 2.88. The van der Waals surface area contributed by atoms with E-state index in [1.165, 1.54) is 5.56 Å². The van der Waals surface area contributed by atoms with E-state index in [9.17, 15) is 9.59 Å². The molecule has 28 heavy (non-hydrogen) atoms. The molecule has 0 bridgehead atoms. The van der Waals surface area contributed by atoms with Gasteiger partial charge in [0.05, 0.1) is 5.57 Å². The molecule has 152 valence electrons. The van der Waals surface area contributed by atoms with E-state index < -0.39 is 0 Å². The summed E-state index contributed by atoms with van der Waals surface area (Å²) in [6.45, 7) is 9.49. The standard InChI is InChI=1S/C24H34N2O2/c1-7-20(17(4)15-26(5)6)21-9-8-10-22(23(21)27)24(28)25-19-13-11-18(12-14-19)16(2)3/h8-14,16-17,20-21H,7,15H2,1-6H3,(H,25,28)/t17-,20+,21?/m1/s1. The van der Waals surface area contributed by atoms with Crippen molar-refractivity contribution in [2.75, 3.05) is 26.0 Å². The number of amides is 1. The normalized spacial score (nSPS) is 18.9. The van der Waals surface area contributed by atoms with Crippen LogP contribution in [0.2, 0.25) is 0 Å². The van der Waals surface area contributed by atoms with Crippen LogP contribution in [0.5, 0.6) is 0 Å². The fourth-order valence-electron chi connectivity index (χ4n) is 4.02. The summed E-state index contributed by atoms with van der Waals surface area (Å²) < 4.78 is 0. The molecule has 0 heterocycles. The van der Waals surface area contributed by atoms with Gasteiger partial charge in [0.2, 0.25) is 0 Å². The Kier molecular flexibility index (Phi) is 7.76. The Labute approximate surface area is 169 Å². The van der Waals surface area contributed by atoms with Gasteiger partial charge < -0.3 is 10.2 Å². The molecule has 0 aliphatic heterocycles. The number of nitrogens with zero attached hydrogens (tertiary/aromatic N) is 1. The van der Waals surface area contributed by atoms with Crippen LogP contribution in [0, 0.1) is 17.8 Å². The lowest BCUT2D eigenvalue weighted by Crippen LogP contribution is -2.36. The van der Waals surface area contributed by atoms with Gasteiger partial charge in [-0.3, -0.25) is 9.59 Å². The molecule has 4 nitrogen and oxygen atoms in total. The van der Waals surface area contributed by atoms with Gasteiger partial charge in [0, 0.05) is 18.2 Å². The summed E-state index contributed by atoms with van der Waals surface area (Å²) in [5.41, 5.74) is 2.17. The van der Waals surface area contributed by atoms with Crippen LogP contribution in [0.4, 0.5) is 5.69 Å². The van der Waals surface area contributed by atoms with Crippen molar-refractivity contribution in [1.29, 1.82) is 0 Å². The predicted octanol–water partition coefficient (Wildman–Crippen LogP) is 4.65. The van der Waals surface area contributed by atoms with E-state index in [0.717, 1.165) is 13.0 Å². The summed E-state index contributed by atoms with van der Waals surface area (Å²) in [6.07, 6.45) is 6.35. The van der Waals surface area contributed by atoms with Crippen molar-refractivity contribution in [2.24, 2.45) is 17.8 Å². The highest BCUT2D eigenvalue weighted by atomic mass is 16.2. The number of ketones is 1. The van der Waals surface area contributed by atoms with Gasteiger partial charge in [-0.2, -0.15) is 0 Å². The maximum Gasteiger partial charge on any atom is 0.259 e. The molecule has 2 rings (SSSR count). The highest BCUT2D eigenvalue weighted by molar-refractivity contribution is 6.25. The maximum absolute atomic E-state index is 13.1. The third kappa shape index (κ3) is 5.41. The molecule has 0 radical (unpaired) electrons. The molecule has 0 aromatic heterocycles. The summed E-state index contributed by atoms with van der Waals surface area (Å²) >= 11 is 0. The van der Waals surface area contributed by atoms with Crippen molar-refractivity contribution in [3.8, 4) is 0 Å². The van der Waals surface area contributed by atoms with E-state index in [1.54, 1.807) is 6.08 Å². The number of allylic oxidation sites excluding steroid dienone is 3. The largest absolute Gasteiger partial charge is 0.322 e. The van der Waals surface area contributed by atoms with Crippen molar-refractivity contribution in [1.82, 2.24) is 4.90 Å². The van der Waals surface area contributed by atoms with Crippen LogP contribution in [0.15, 0.2) is 48.1 Å². The predicted molar refractivity (Wildman–Crippen MR) is 116 cm³/mol. The van der Waals surface area contributed by atoms with Gasteiger partial charge in [-0.25, -0.2) is 0 Å². The third-order valence-electron chi connectivity index (χ3n) is 5.55. The van der Waals surface area contributed by atoms with Gasteiger partial charge in [-0.1, -0.05) is 58.4 Å². The molecule has 1 amide bonds. The number of carbonyl (C=O) groups is 2. The van der Waals surface area contributed by atoms with Crippen molar-refractivity contribution < 1.29 is 9.59 Å². The van der Waals surface area contributed by atoms with Crippen LogP contribution in [-0.2, 0) is 9.59 Å². The number of benzene rings is 1. The number of anilines is 1. The number of carbonyl (C=O) groups excluding carboxylic acids is 2. The van der Waals surface area contributed by atoms with Gasteiger partial charge in [0.15, 0.2) is 5.78 Å². The van der Waals surface area contributed by atoms with Crippen molar-refractivity contribution in [2.45, 2.75) is 40.0 Å². The molecule has 1 aromatic carbocycles. The van der Waals surface area contributed by atoms with E-state index in [-0.39, 0.29) is 29.1 Å². The zero-order valence-corrected chi connectivity index (χ0v) is 18.0. The van der Waals surface area contributed by atoms with Crippen LogP contribution < -0.4 is 5.32 Å². The third-order valence-corrected chi connectivity index (χ3v) is 5.55. The Balaban J connectivity index is 2.11. The lowest BCUT2D eigenvalue weighted by molar-refractivity contribution is -0.123. The van der Waals surface area contributed by atoms with Gasteiger partial charge >= 0.3 is 0 Å². The topological polar surface area (TPSA) is 49.4 Å². The first-order chi connectivity index (χ1) is 13.2. The van der Waals surface area contributed by atoms with Gasteiger partial charge in [0.1, 0.15) is 0 Å². The fraction of sp³-hybridized carbons (Fsp3) is 0.500. The van der Waals surface area contributed by atoms with Gasteiger partial charge in [0.25, 0.3) is 5.91 Å². The molecule has 1 aromatic rings. The summed E-state index contributed by atoms with van der Waals surface area (Å²) in [5.74, 6) is 0.378. The van der Waals surface area contributed by atoms with Gasteiger partial charge in [-0.15, -0.1) is 0 Å². The molecule has 1 aliphatic carbocycles. The van der Waals surface area contributed by atoms with E-state index in [4.69, 9.17) is 0 Å². The number of hydrogen-bond acceptors (Lipinski definition) is 3. The van der Waals surface area contributed by atoms with Crippen LogP contribution in [0.1, 0.15) is 45.6 Å². The zero-order chi connectivity index (χ0) is 20.8. The second-order valence-electron chi connectivity index (χ2n) is 8.40. The minimum absolute atomic E-state index is 0.0729. The average Bonchev–Trinajstić information content (AvgIpc) is 2.63. The molecule has 4 heteroatoms. The second-order valence-corrected chi connectivity index (χ2v) is 8.40. The molecule has 3 atom stereocenters. The van der Waals surface area contributed by atoms with E-state index in [1.807, 2.05) is 50.5 Å². The Bertz CT molecular complexity index is 744. The van der Waals surface area contributed by atoms with Crippen molar-refractivity contribution in [3.05, 3.63) is 53.6 Å². The summed E-state index contributed by atoms with van der Waals surface area (Å²) in [6, 6.07) is 7.80. The second kappa shape index (κ2) is 9.83. The summed E-state index contributed by atoms with van der Waals surface area (Å²) in [7, 11) is 4.09. The van der Waals surface area contributed by atoms with Gasteiger partial charge in [-0.05, 0) is 55.6 Å². The number of nitrogens with one attached hydrogen (secondary N) is 1. The molecule has 1 aliphatic rings. The van der Waals surface area contributed by atoms with E-state index in [2.05, 4.69) is 37.9 Å². The Hall–Kier alpha value is -2.20. The van der Waals surface area contributed by atoms with Crippen molar-refractivity contribution >= 4 is 17.4 Å². The first-order valence-corrected chi connectivity index (χ1v) is 10.2. The summed E-state index contributed by atoms with van der Waals surface area (Å²) in [4.78, 5) is 28.0. The fourth-order valence-corrected chi connectivity index (χ4v) is 4.02. The highest BCUT2D eigenvalue weighted by Crippen LogP contribution is 2.31. The lowest BCUT2D eigenvalue weighted by atomic mass is 9.75. The van der Waals surface area contributed by atoms with Crippen LogP contribution in [0.3, 0.4) is 0 Å². The molecule has 1 N–H and O–H groups in total. The number of rotatable bonds is 8. The Morgan fingerprint density at radius 2 is 1.79 bits per heavy atom. The molecule has 0 saturated carbocycles. The average molecular weight is 383 g/mol. The smallest absolute Gasteiger partial charge is 0.259 e. The SMILES string of the molecule is CC[C@H](C1C=CC=C(C(=O)Nc2ccc(C(C)C)cc2)C1=O)[C@H](C)CN(C)C. The maximum atomic E-state index is 13.1. The molecule has 0 fully saturated rings. The highest BCUT2D eigenvalue weighted by Gasteiger charge is 2.34. The number of Topliss-reactive ketones (excluding diaryl/α,β-unsaturated/α-hetero) is 1. The van der Waals surface area contributed by atoms with E-state index in [0.29, 0.717) is 17.5 Å². The lowest BCUT2D eigenvalue weighted by Gasteiger charge is -2.31. The molecule has 1 unspecified atom stereocenters. The van der Waals surface area contributed by atoms with Crippen LogP contribution in [-0.4, -0.2) is 37.2 Å². The van der Waals surface area contributed by atoms with E-state index >= 15 is 0 Å². The van der Waals surface area contributed by atoms with Crippen molar-refractivity contribution in [3.63, 3.8) is 0 Å². The Morgan fingerprint density at radius 1 is 1.14 bits per heavy atom. The minimum Gasteiger partial charge on any atom is -0.322 e. The molecule has 0 spiro atoms. The van der Waals surface area contributed by atoms with Crippen LogP contribution >= 0.6 is 0 Å². The quantitative estimate of drug-likeness (QED) is 0.666. The zero-order valence-electron chi connectivity index (χ0n) is 18.0. The Morgan fingerprint density at radius 3 is 2.32 bits per heavy atom. The first kappa shape index (κ1) is 22.1. The monoisotopic (exact) mass is 382 g/mol. The molecule has 0 saturated heterocycles. The molecular formula is C24H34N2O2. The minimum atomic E-state index is -0.327.